The number of halogens is 1. The molecule has 0 saturated heterocycles. The van der Waals surface area contributed by atoms with Crippen LogP contribution in [0.3, 0.4) is 0 Å². The van der Waals surface area contributed by atoms with Gasteiger partial charge in [-0.05, 0) is 59.6 Å². The predicted octanol–water partition coefficient (Wildman–Crippen LogP) is 6.52. The van der Waals surface area contributed by atoms with Gasteiger partial charge in [-0.15, -0.1) is 0 Å². The van der Waals surface area contributed by atoms with Crippen molar-refractivity contribution in [3.8, 4) is 5.75 Å². The number of benzene rings is 3. The summed E-state index contributed by atoms with van der Waals surface area (Å²) in [7, 11) is 0. The van der Waals surface area contributed by atoms with Gasteiger partial charge in [0.25, 0.3) is 0 Å². The number of carbonyl (C=O) groups is 1. The van der Waals surface area contributed by atoms with Crippen LogP contribution in [0.2, 0.25) is 0 Å². The zero-order chi connectivity index (χ0) is 28.5. The van der Waals surface area contributed by atoms with Crippen molar-refractivity contribution < 1.29 is 24.1 Å². The molecule has 0 unspecified atom stereocenters. The SMILES string of the molecule is CC(C)c1cccc(C2(NC[C@H](O)[C@H](Cc3ccc(OCc4ccccc4)c(F)c3)NC(=O)O)CCCCC2)c1. The molecule has 1 aliphatic carbocycles. The molecule has 1 aliphatic rings. The highest BCUT2D eigenvalue weighted by atomic mass is 19.1. The summed E-state index contributed by atoms with van der Waals surface area (Å²) >= 11 is 0. The van der Waals surface area contributed by atoms with Gasteiger partial charge in [-0.3, -0.25) is 0 Å². The minimum Gasteiger partial charge on any atom is -0.486 e. The van der Waals surface area contributed by atoms with Gasteiger partial charge in [0.1, 0.15) is 6.61 Å². The van der Waals surface area contributed by atoms with Gasteiger partial charge < -0.3 is 25.6 Å². The molecule has 3 aromatic carbocycles. The van der Waals surface area contributed by atoms with Crippen LogP contribution in [-0.4, -0.2) is 35.0 Å². The highest BCUT2D eigenvalue weighted by Crippen LogP contribution is 2.38. The number of rotatable bonds is 12. The van der Waals surface area contributed by atoms with Crippen molar-refractivity contribution in [2.75, 3.05) is 6.54 Å². The second-order valence-corrected chi connectivity index (χ2v) is 11.2. The molecule has 1 fully saturated rings. The van der Waals surface area contributed by atoms with Gasteiger partial charge in [0, 0.05) is 12.1 Å². The summed E-state index contributed by atoms with van der Waals surface area (Å²) in [6.07, 6.45) is 3.15. The first-order chi connectivity index (χ1) is 19.3. The normalized spacial score (nSPS) is 16.3. The fraction of sp³-hybridized carbons (Fsp3) is 0.424. The quantitative estimate of drug-likeness (QED) is 0.207. The molecular weight excluding hydrogens is 507 g/mol. The van der Waals surface area contributed by atoms with Crippen LogP contribution in [-0.2, 0) is 18.6 Å². The molecule has 3 aromatic rings. The summed E-state index contributed by atoms with van der Waals surface area (Å²) in [6, 6.07) is 21.9. The van der Waals surface area contributed by atoms with Gasteiger partial charge >= 0.3 is 6.09 Å². The second-order valence-electron chi connectivity index (χ2n) is 11.2. The van der Waals surface area contributed by atoms with Gasteiger partial charge in [-0.1, -0.05) is 93.8 Å². The van der Waals surface area contributed by atoms with Gasteiger partial charge in [-0.25, -0.2) is 9.18 Å². The summed E-state index contributed by atoms with van der Waals surface area (Å²) < 4.78 is 20.5. The van der Waals surface area contributed by atoms with Gasteiger partial charge in [0.15, 0.2) is 11.6 Å². The maximum Gasteiger partial charge on any atom is 0.404 e. The molecule has 1 amide bonds. The van der Waals surface area contributed by atoms with Crippen LogP contribution in [0, 0.1) is 5.82 Å². The number of carboxylic acid groups (broad SMARTS) is 1. The van der Waals surface area contributed by atoms with E-state index in [-0.39, 0.29) is 30.9 Å². The number of aliphatic hydroxyl groups excluding tert-OH is 1. The molecule has 0 heterocycles. The largest absolute Gasteiger partial charge is 0.486 e. The van der Waals surface area contributed by atoms with Gasteiger partial charge in [0.05, 0.1) is 12.1 Å². The summed E-state index contributed by atoms with van der Waals surface area (Å²) in [4.78, 5) is 11.6. The van der Waals surface area contributed by atoms with E-state index < -0.39 is 24.1 Å². The topological polar surface area (TPSA) is 90.8 Å². The smallest absolute Gasteiger partial charge is 0.404 e. The lowest BCUT2D eigenvalue weighted by Gasteiger charge is -2.40. The van der Waals surface area contributed by atoms with E-state index in [4.69, 9.17) is 4.74 Å². The van der Waals surface area contributed by atoms with E-state index in [1.165, 1.54) is 23.6 Å². The van der Waals surface area contributed by atoms with Crippen molar-refractivity contribution in [1.29, 1.82) is 0 Å². The molecule has 2 atom stereocenters. The number of ether oxygens (including phenoxy) is 1. The molecule has 0 spiro atoms. The van der Waals surface area contributed by atoms with E-state index in [1.54, 1.807) is 12.1 Å². The monoisotopic (exact) mass is 548 g/mol. The summed E-state index contributed by atoms with van der Waals surface area (Å²) in [5.41, 5.74) is 3.70. The Kier molecular flexibility index (Phi) is 10.2. The van der Waals surface area contributed by atoms with E-state index in [0.717, 1.165) is 31.2 Å². The lowest BCUT2D eigenvalue weighted by molar-refractivity contribution is 0.100. The van der Waals surface area contributed by atoms with E-state index in [2.05, 4.69) is 48.7 Å². The molecule has 0 aromatic heterocycles. The number of nitrogens with one attached hydrogen (secondary N) is 2. The van der Waals surface area contributed by atoms with Crippen LogP contribution in [0.5, 0.6) is 5.75 Å². The molecular formula is C33H41FN2O4. The van der Waals surface area contributed by atoms with Crippen molar-refractivity contribution in [2.45, 2.75) is 82.6 Å². The van der Waals surface area contributed by atoms with Gasteiger partial charge in [-0.2, -0.15) is 0 Å². The fourth-order valence-electron chi connectivity index (χ4n) is 5.58. The van der Waals surface area contributed by atoms with Crippen LogP contribution in [0.15, 0.2) is 72.8 Å². The third-order valence-electron chi connectivity index (χ3n) is 7.92. The first-order valence-electron chi connectivity index (χ1n) is 14.2. The second kappa shape index (κ2) is 13.8. The highest BCUT2D eigenvalue weighted by molar-refractivity contribution is 5.65. The maximum atomic E-state index is 14.8. The van der Waals surface area contributed by atoms with Crippen molar-refractivity contribution in [1.82, 2.24) is 10.6 Å². The molecule has 6 nitrogen and oxygen atoms in total. The van der Waals surface area contributed by atoms with E-state index in [0.29, 0.717) is 11.5 Å². The predicted molar refractivity (Wildman–Crippen MR) is 155 cm³/mol. The average molecular weight is 549 g/mol. The van der Waals surface area contributed by atoms with Crippen LogP contribution in [0.25, 0.3) is 0 Å². The Morgan fingerprint density at radius 1 is 0.975 bits per heavy atom. The van der Waals surface area contributed by atoms with Crippen molar-refractivity contribution >= 4 is 6.09 Å². The molecule has 0 bridgehead atoms. The Labute approximate surface area is 236 Å². The third kappa shape index (κ3) is 7.83. The van der Waals surface area contributed by atoms with Crippen LogP contribution in [0.4, 0.5) is 9.18 Å². The molecule has 7 heteroatoms. The van der Waals surface area contributed by atoms with Crippen LogP contribution < -0.4 is 15.4 Å². The maximum absolute atomic E-state index is 14.8. The Balaban J connectivity index is 1.44. The standard InChI is InChI=1S/C33H41FN2O4/c1-23(2)26-12-9-13-27(20-26)33(16-7-4-8-17-33)35-21-30(37)29(36-32(38)39)19-25-14-15-31(28(34)18-25)40-22-24-10-5-3-6-11-24/h3,5-6,9-15,18,20,23,29-30,35-37H,4,7-8,16-17,19,21-22H2,1-2H3,(H,38,39)/t29-,30-/m0/s1. The van der Waals surface area contributed by atoms with Crippen LogP contribution >= 0.6 is 0 Å². The van der Waals surface area contributed by atoms with Crippen molar-refractivity contribution in [3.63, 3.8) is 0 Å². The van der Waals surface area contributed by atoms with Crippen molar-refractivity contribution in [2.24, 2.45) is 0 Å². The van der Waals surface area contributed by atoms with E-state index in [9.17, 15) is 19.4 Å². The molecule has 0 radical (unpaired) electrons. The molecule has 0 aliphatic heterocycles. The molecule has 40 heavy (non-hydrogen) atoms. The Morgan fingerprint density at radius 3 is 2.40 bits per heavy atom. The highest BCUT2D eigenvalue weighted by Gasteiger charge is 2.35. The van der Waals surface area contributed by atoms with E-state index in [1.807, 2.05) is 30.3 Å². The number of hydrogen-bond donors (Lipinski definition) is 4. The zero-order valence-electron chi connectivity index (χ0n) is 23.4. The minimum absolute atomic E-state index is 0.125. The number of aliphatic hydroxyl groups is 1. The van der Waals surface area contributed by atoms with Gasteiger partial charge in [0.2, 0.25) is 0 Å². The average Bonchev–Trinajstić information content (AvgIpc) is 2.96. The molecule has 4 rings (SSSR count). The Bertz CT molecular complexity index is 1240. The summed E-state index contributed by atoms with van der Waals surface area (Å²) in [6.45, 7) is 4.80. The van der Waals surface area contributed by atoms with E-state index >= 15 is 0 Å². The molecule has 1 saturated carbocycles. The number of amides is 1. The Morgan fingerprint density at radius 2 is 1.73 bits per heavy atom. The summed E-state index contributed by atoms with van der Waals surface area (Å²) in [5.74, 6) is 0.00703. The zero-order valence-corrected chi connectivity index (χ0v) is 23.4. The lowest BCUT2D eigenvalue weighted by atomic mass is 9.75. The molecule has 4 N–H and O–H groups in total. The first-order valence-corrected chi connectivity index (χ1v) is 14.2. The molecule has 214 valence electrons. The first kappa shape index (κ1) is 29.6. The van der Waals surface area contributed by atoms with Crippen LogP contribution in [0.1, 0.15) is 74.1 Å². The third-order valence-corrected chi connectivity index (χ3v) is 7.92. The summed E-state index contributed by atoms with van der Waals surface area (Å²) in [5, 5.41) is 26.7. The number of hydrogen-bond acceptors (Lipinski definition) is 4. The Hall–Kier alpha value is -3.42. The van der Waals surface area contributed by atoms with Crippen molar-refractivity contribution in [3.05, 3.63) is 101 Å². The lowest BCUT2D eigenvalue weighted by Crippen LogP contribution is -2.53. The minimum atomic E-state index is -1.23. The fourth-order valence-corrected chi connectivity index (χ4v) is 5.58.